The molecule has 51 heavy (non-hydrogen) atoms. The van der Waals surface area contributed by atoms with E-state index in [2.05, 4.69) is 117 Å². The van der Waals surface area contributed by atoms with Crippen molar-refractivity contribution in [2.24, 2.45) is 0 Å². The first-order valence-electron chi connectivity index (χ1n) is 16.8. The monoisotopic (exact) mass is 835 g/mol. The summed E-state index contributed by atoms with van der Waals surface area (Å²) in [5.74, 6) is 0. The normalized spacial score (nSPS) is 10.9. The minimum absolute atomic E-state index is 0. The first-order valence-corrected chi connectivity index (χ1v) is 16.8. The molecule has 0 N–H and O–H groups in total. The number of nitrogens with zero attached hydrogens (tertiary/aromatic N) is 2. The Balaban J connectivity index is 0.000000265. The van der Waals surface area contributed by atoms with Gasteiger partial charge in [-0.15, -0.1) is 65.2 Å². The molecule has 0 aliphatic rings. The van der Waals surface area contributed by atoms with Gasteiger partial charge in [0, 0.05) is 43.3 Å². The first kappa shape index (κ1) is 33.8. The molecule has 3 aromatic heterocycles. The Morgan fingerprint density at radius 2 is 1.29 bits per heavy atom. The van der Waals surface area contributed by atoms with Crippen molar-refractivity contribution in [1.82, 2.24) is 9.97 Å². The van der Waals surface area contributed by atoms with E-state index in [-0.39, 0.29) is 20.1 Å². The van der Waals surface area contributed by atoms with Crippen molar-refractivity contribution in [2.75, 3.05) is 0 Å². The van der Waals surface area contributed by atoms with Gasteiger partial charge in [-0.25, -0.2) is 0 Å². The molecule has 0 unspecified atom stereocenters. The van der Waals surface area contributed by atoms with Gasteiger partial charge in [-0.3, -0.25) is 0 Å². The molecule has 0 fully saturated rings. The average Bonchev–Trinajstić information content (AvgIpc) is 3.55. The van der Waals surface area contributed by atoms with Crippen molar-refractivity contribution in [3.05, 3.63) is 181 Å². The molecule has 9 rings (SSSR count). The van der Waals surface area contributed by atoms with Gasteiger partial charge >= 0.3 is 0 Å². The summed E-state index contributed by atoms with van der Waals surface area (Å²) in [5, 5.41) is 4.73. The van der Waals surface area contributed by atoms with Gasteiger partial charge in [-0.2, -0.15) is 0 Å². The van der Waals surface area contributed by atoms with E-state index in [0.29, 0.717) is 0 Å². The van der Waals surface area contributed by atoms with E-state index in [1.54, 1.807) is 6.20 Å². The van der Waals surface area contributed by atoms with E-state index in [1.165, 1.54) is 55.1 Å². The van der Waals surface area contributed by atoms with E-state index in [9.17, 15) is 0 Å². The molecule has 1 radical (unpaired) electrons. The van der Waals surface area contributed by atoms with Gasteiger partial charge in [0.05, 0.1) is 0 Å². The zero-order valence-electron chi connectivity index (χ0n) is 28.6. The van der Waals surface area contributed by atoms with Gasteiger partial charge in [0.1, 0.15) is 11.2 Å². The van der Waals surface area contributed by atoms with Crippen LogP contribution in [0.2, 0.25) is 0 Å². The minimum Gasteiger partial charge on any atom is -0.456 e. The second-order valence-corrected chi connectivity index (χ2v) is 12.5. The number of furan rings is 1. The SMILES string of the molecule is Cc1cccc(C)c1-c1ccnc(-c2[c-]ccc(-c3cccc4c3ccc3oc5ccccc5c34)c2C)c1.[Ir].[c-]1ccccc1-c1ccccn1. The predicted octanol–water partition coefficient (Wildman–Crippen LogP) is 12.4. The fourth-order valence-electron chi connectivity index (χ4n) is 7.02. The molecule has 0 aliphatic carbocycles. The van der Waals surface area contributed by atoms with Crippen LogP contribution < -0.4 is 0 Å². The summed E-state index contributed by atoms with van der Waals surface area (Å²) in [7, 11) is 0. The largest absolute Gasteiger partial charge is 0.456 e. The molecular weight excluding hydrogens is 801 g/mol. The zero-order valence-corrected chi connectivity index (χ0v) is 31.0. The summed E-state index contributed by atoms with van der Waals surface area (Å²) in [6, 6.07) is 54.4. The molecule has 0 saturated carbocycles. The van der Waals surface area contributed by atoms with Crippen LogP contribution in [0.5, 0.6) is 0 Å². The molecule has 0 amide bonds. The van der Waals surface area contributed by atoms with Crippen LogP contribution in [-0.4, -0.2) is 9.97 Å². The van der Waals surface area contributed by atoms with Crippen LogP contribution in [0, 0.1) is 32.9 Å². The first-order chi connectivity index (χ1) is 24.6. The Labute approximate surface area is 312 Å². The van der Waals surface area contributed by atoms with Crippen LogP contribution >= 0.6 is 0 Å². The molecule has 0 bridgehead atoms. The molecular formula is C47H34IrN2O-2. The quantitative estimate of drug-likeness (QED) is 0.166. The predicted molar refractivity (Wildman–Crippen MR) is 207 cm³/mol. The van der Waals surface area contributed by atoms with Crippen molar-refractivity contribution in [1.29, 1.82) is 0 Å². The molecule has 3 nitrogen and oxygen atoms in total. The number of aryl methyl sites for hydroxylation is 2. The second-order valence-electron chi connectivity index (χ2n) is 12.5. The number of fused-ring (bicyclic) bond motifs is 5. The number of hydrogen-bond acceptors (Lipinski definition) is 3. The van der Waals surface area contributed by atoms with Crippen LogP contribution in [0.1, 0.15) is 16.7 Å². The van der Waals surface area contributed by atoms with Crippen molar-refractivity contribution >= 4 is 32.7 Å². The summed E-state index contributed by atoms with van der Waals surface area (Å²) in [6.07, 6.45) is 3.70. The smallest absolute Gasteiger partial charge is 0.136 e. The maximum absolute atomic E-state index is 6.16. The van der Waals surface area contributed by atoms with E-state index in [1.807, 2.05) is 66.9 Å². The minimum atomic E-state index is 0. The van der Waals surface area contributed by atoms with Gasteiger partial charge in [0.15, 0.2) is 0 Å². The number of aromatic nitrogens is 2. The number of para-hydroxylation sites is 1. The standard InChI is InChI=1S/C36H26NO.C11H8N.Ir/c1-22-9-6-10-23(2)35(22)25-19-20-37-32(21-25)27-13-7-12-26(24(27)3)28-14-8-15-30-29(28)17-18-34-36(30)31-11-4-5-16-33(31)38-34;1-2-6-10(7-3-1)11-8-4-5-9-12-11;/h4-12,14-21H,1-3H3;1-6,8-9H;/q2*-1;. The number of hydrogen-bond donors (Lipinski definition) is 0. The van der Waals surface area contributed by atoms with Gasteiger partial charge < -0.3 is 14.4 Å². The van der Waals surface area contributed by atoms with E-state index in [4.69, 9.17) is 9.40 Å². The molecule has 249 valence electrons. The summed E-state index contributed by atoms with van der Waals surface area (Å²) >= 11 is 0. The Morgan fingerprint density at radius 3 is 2.10 bits per heavy atom. The van der Waals surface area contributed by atoms with Crippen LogP contribution in [0.15, 0.2) is 156 Å². The van der Waals surface area contributed by atoms with E-state index in [0.717, 1.165) is 39.1 Å². The van der Waals surface area contributed by atoms with Crippen molar-refractivity contribution in [3.63, 3.8) is 0 Å². The van der Waals surface area contributed by atoms with Gasteiger partial charge in [-0.1, -0.05) is 91.3 Å². The summed E-state index contributed by atoms with van der Waals surface area (Å²) in [4.78, 5) is 8.99. The fraction of sp³-hybridized carbons (Fsp3) is 0.0638. The Bertz CT molecular complexity index is 2570. The summed E-state index contributed by atoms with van der Waals surface area (Å²) in [5.41, 5.74) is 14.4. The third kappa shape index (κ3) is 6.53. The van der Waals surface area contributed by atoms with Crippen LogP contribution in [0.3, 0.4) is 0 Å². The molecule has 6 aromatic carbocycles. The van der Waals surface area contributed by atoms with Crippen LogP contribution in [-0.2, 0) is 20.1 Å². The van der Waals surface area contributed by atoms with Gasteiger partial charge in [-0.05, 0) is 88.1 Å². The molecule has 0 spiro atoms. The molecule has 0 saturated heterocycles. The third-order valence-electron chi connectivity index (χ3n) is 9.38. The van der Waals surface area contributed by atoms with Gasteiger partial charge in [0.2, 0.25) is 0 Å². The third-order valence-corrected chi connectivity index (χ3v) is 9.38. The molecule has 4 heteroatoms. The molecule has 9 aromatic rings. The van der Waals surface area contributed by atoms with E-state index >= 15 is 0 Å². The van der Waals surface area contributed by atoms with Crippen LogP contribution in [0.25, 0.3) is 77.5 Å². The van der Waals surface area contributed by atoms with Crippen LogP contribution in [0.4, 0.5) is 0 Å². The summed E-state index contributed by atoms with van der Waals surface area (Å²) in [6.45, 7) is 6.52. The molecule has 0 atom stereocenters. The van der Waals surface area contributed by atoms with Crippen molar-refractivity contribution in [3.8, 4) is 44.8 Å². The van der Waals surface area contributed by atoms with E-state index < -0.39 is 0 Å². The topological polar surface area (TPSA) is 38.9 Å². The van der Waals surface area contributed by atoms with Gasteiger partial charge in [0.25, 0.3) is 0 Å². The zero-order chi connectivity index (χ0) is 34.0. The fourth-order valence-corrected chi connectivity index (χ4v) is 7.02. The second kappa shape index (κ2) is 14.7. The number of rotatable bonds is 4. The Kier molecular flexibility index (Phi) is 9.72. The number of pyridine rings is 2. The average molecular weight is 835 g/mol. The van der Waals surface area contributed by atoms with Crippen molar-refractivity contribution in [2.45, 2.75) is 20.8 Å². The molecule has 3 heterocycles. The summed E-state index contributed by atoms with van der Waals surface area (Å²) < 4.78 is 6.16. The Morgan fingerprint density at radius 1 is 0.529 bits per heavy atom. The maximum Gasteiger partial charge on any atom is 0.136 e. The Hall–Kier alpha value is -5.67. The van der Waals surface area contributed by atoms with Crippen molar-refractivity contribution < 1.29 is 24.5 Å². The maximum atomic E-state index is 6.16. The number of benzene rings is 6. The molecule has 0 aliphatic heterocycles.